The molecule has 0 aromatic heterocycles. The molecule has 0 unspecified atom stereocenters. The van der Waals surface area contributed by atoms with Crippen molar-refractivity contribution in [2.24, 2.45) is 0 Å². The summed E-state index contributed by atoms with van der Waals surface area (Å²) in [6, 6.07) is 4.12. The molecule has 90 valence electrons. The lowest BCUT2D eigenvalue weighted by atomic mass is 10.1. The molecule has 1 amide bonds. The third-order valence-electron chi connectivity index (χ3n) is 2.03. The molecule has 0 heterocycles. The maximum absolute atomic E-state index is 13.6. The number of carboxylic acid groups (broad SMARTS) is 1. The molecule has 0 saturated carbocycles. The minimum Gasteiger partial charge on any atom is -0.478 e. The van der Waals surface area contributed by atoms with Crippen LogP contribution in [0.25, 0.3) is 6.08 Å². The van der Waals surface area contributed by atoms with E-state index in [4.69, 9.17) is 5.11 Å². The van der Waals surface area contributed by atoms with Gasteiger partial charge in [-0.3, -0.25) is 4.79 Å². The van der Waals surface area contributed by atoms with Gasteiger partial charge in [0.25, 0.3) is 0 Å². The maximum atomic E-state index is 13.6. The standard InChI is InChI=1S/C12H12FNO3/c1-8(15)14-7-3-5-9-4-2-6-10(11(9)13)12(16)17/h2-6H,7H2,1H3,(H,14,15)(H,16,17). The number of aromatic carboxylic acids is 1. The van der Waals surface area contributed by atoms with Crippen LogP contribution in [-0.4, -0.2) is 23.5 Å². The highest BCUT2D eigenvalue weighted by molar-refractivity contribution is 5.88. The maximum Gasteiger partial charge on any atom is 0.338 e. The third kappa shape index (κ3) is 3.71. The number of carbonyl (C=O) groups is 2. The number of benzene rings is 1. The van der Waals surface area contributed by atoms with Gasteiger partial charge in [0, 0.05) is 19.0 Å². The van der Waals surface area contributed by atoms with Crippen molar-refractivity contribution in [1.29, 1.82) is 0 Å². The Balaban J connectivity index is 2.81. The van der Waals surface area contributed by atoms with Crippen molar-refractivity contribution in [2.75, 3.05) is 6.54 Å². The van der Waals surface area contributed by atoms with E-state index in [1.165, 1.54) is 31.2 Å². The molecule has 0 aliphatic heterocycles. The van der Waals surface area contributed by atoms with E-state index in [9.17, 15) is 14.0 Å². The zero-order chi connectivity index (χ0) is 12.8. The summed E-state index contributed by atoms with van der Waals surface area (Å²) < 4.78 is 13.6. The molecule has 0 fully saturated rings. The van der Waals surface area contributed by atoms with Gasteiger partial charge >= 0.3 is 5.97 Å². The summed E-state index contributed by atoms with van der Waals surface area (Å²) in [6.45, 7) is 1.64. The molecular weight excluding hydrogens is 225 g/mol. The molecule has 0 saturated heterocycles. The number of halogens is 1. The topological polar surface area (TPSA) is 66.4 Å². The second-order valence-electron chi connectivity index (χ2n) is 3.35. The fourth-order valence-corrected chi connectivity index (χ4v) is 1.23. The van der Waals surface area contributed by atoms with E-state index in [0.29, 0.717) is 0 Å². The van der Waals surface area contributed by atoms with Gasteiger partial charge in [-0.25, -0.2) is 9.18 Å². The molecule has 0 spiro atoms. The van der Waals surface area contributed by atoms with Gasteiger partial charge in [0.1, 0.15) is 5.82 Å². The Morgan fingerprint density at radius 1 is 1.47 bits per heavy atom. The van der Waals surface area contributed by atoms with E-state index in [0.717, 1.165) is 0 Å². The number of hydrogen-bond donors (Lipinski definition) is 2. The number of hydrogen-bond acceptors (Lipinski definition) is 2. The quantitative estimate of drug-likeness (QED) is 0.837. The van der Waals surface area contributed by atoms with Crippen molar-refractivity contribution >= 4 is 18.0 Å². The normalized spacial score (nSPS) is 10.5. The van der Waals surface area contributed by atoms with Crippen LogP contribution >= 0.6 is 0 Å². The zero-order valence-corrected chi connectivity index (χ0v) is 9.24. The smallest absolute Gasteiger partial charge is 0.338 e. The van der Waals surface area contributed by atoms with Crippen LogP contribution in [-0.2, 0) is 4.79 Å². The SMILES string of the molecule is CC(=O)NCC=Cc1cccc(C(=O)O)c1F. The first-order valence-corrected chi connectivity index (χ1v) is 4.95. The van der Waals surface area contributed by atoms with Crippen LogP contribution in [0.3, 0.4) is 0 Å². The summed E-state index contributed by atoms with van der Waals surface area (Å²) in [4.78, 5) is 21.2. The summed E-state index contributed by atoms with van der Waals surface area (Å²) in [7, 11) is 0. The van der Waals surface area contributed by atoms with E-state index < -0.39 is 11.8 Å². The Morgan fingerprint density at radius 2 is 2.18 bits per heavy atom. The minimum absolute atomic E-state index is 0.176. The second kappa shape index (κ2) is 5.79. The Bertz CT molecular complexity index is 469. The molecule has 2 N–H and O–H groups in total. The number of amides is 1. The van der Waals surface area contributed by atoms with Crippen LogP contribution in [0.2, 0.25) is 0 Å². The van der Waals surface area contributed by atoms with E-state index in [2.05, 4.69) is 5.32 Å². The molecule has 4 nitrogen and oxygen atoms in total. The fourth-order valence-electron chi connectivity index (χ4n) is 1.23. The summed E-state index contributed by atoms with van der Waals surface area (Å²) in [5.41, 5.74) is -0.193. The second-order valence-corrected chi connectivity index (χ2v) is 3.35. The Labute approximate surface area is 97.8 Å². The van der Waals surface area contributed by atoms with Crippen LogP contribution in [0.5, 0.6) is 0 Å². The summed E-state index contributed by atoms with van der Waals surface area (Å²) in [5, 5.41) is 11.2. The molecule has 1 aromatic rings. The van der Waals surface area contributed by atoms with Crippen molar-refractivity contribution in [2.45, 2.75) is 6.92 Å². The van der Waals surface area contributed by atoms with E-state index >= 15 is 0 Å². The summed E-state index contributed by atoms with van der Waals surface area (Å²) in [6.07, 6.45) is 2.98. The van der Waals surface area contributed by atoms with Crippen LogP contribution in [0.1, 0.15) is 22.8 Å². The van der Waals surface area contributed by atoms with Crippen LogP contribution in [0.4, 0.5) is 4.39 Å². The first kappa shape index (κ1) is 12.9. The van der Waals surface area contributed by atoms with E-state index in [1.54, 1.807) is 6.08 Å². The molecule has 0 aliphatic rings. The Hall–Kier alpha value is -2.17. The van der Waals surface area contributed by atoms with E-state index in [1.807, 2.05) is 0 Å². The molecular formula is C12H12FNO3. The number of nitrogens with one attached hydrogen (secondary N) is 1. The van der Waals surface area contributed by atoms with Crippen molar-refractivity contribution in [3.05, 3.63) is 41.2 Å². The highest BCUT2D eigenvalue weighted by atomic mass is 19.1. The molecule has 0 atom stereocenters. The number of carboxylic acids is 1. The van der Waals surface area contributed by atoms with Crippen molar-refractivity contribution in [3.63, 3.8) is 0 Å². The molecule has 5 heteroatoms. The van der Waals surface area contributed by atoms with E-state index in [-0.39, 0.29) is 23.6 Å². The molecule has 17 heavy (non-hydrogen) atoms. The van der Waals surface area contributed by atoms with Crippen LogP contribution in [0, 0.1) is 5.82 Å². The van der Waals surface area contributed by atoms with Crippen molar-refractivity contribution in [3.8, 4) is 0 Å². The number of rotatable bonds is 4. The van der Waals surface area contributed by atoms with Gasteiger partial charge in [-0.2, -0.15) is 0 Å². The zero-order valence-electron chi connectivity index (χ0n) is 9.24. The van der Waals surface area contributed by atoms with Crippen LogP contribution in [0.15, 0.2) is 24.3 Å². The van der Waals surface area contributed by atoms with Crippen LogP contribution < -0.4 is 5.32 Å². The molecule has 1 rings (SSSR count). The van der Waals surface area contributed by atoms with Gasteiger partial charge in [-0.1, -0.05) is 24.3 Å². The molecule has 0 bridgehead atoms. The van der Waals surface area contributed by atoms with Gasteiger partial charge in [-0.15, -0.1) is 0 Å². The first-order valence-electron chi connectivity index (χ1n) is 4.95. The molecule has 0 radical (unpaired) electrons. The van der Waals surface area contributed by atoms with Gasteiger partial charge in [0.15, 0.2) is 0 Å². The Kier molecular flexibility index (Phi) is 4.39. The van der Waals surface area contributed by atoms with Gasteiger partial charge in [0.2, 0.25) is 5.91 Å². The summed E-state index contributed by atoms with van der Waals surface area (Å²) in [5.74, 6) is -2.27. The number of carbonyl (C=O) groups excluding carboxylic acids is 1. The summed E-state index contributed by atoms with van der Waals surface area (Å²) >= 11 is 0. The minimum atomic E-state index is -1.31. The first-order chi connectivity index (χ1) is 8.02. The van der Waals surface area contributed by atoms with Gasteiger partial charge < -0.3 is 10.4 Å². The fraction of sp³-hybridized carbons (Fsp3) is 0.167. The predicted octanol–water partition coefficient (Wildman–Crippen LogP) is 1.67. The highest BCUT2D eigenvalue weighted by Gasteiger charge is 2.11. The Morgan fingerprint density at radius 3 is 2.76 bits per heavy atom. The van der Waals surface area contributed by atoms with Gasteiger partial charge in [-0.05, 0) is 6.07 Å². The molecule has 0 aliphatic carbocycles. The lowest BCUT2D eigenvalue weighted by Gasteiger charge is -2.01. The largest absolute Gasteiger partial charge is 0.478 e. The monoisotopic (exact) mass is 237 g/mol. The average molecular weight is 237 g/mol. The highest BCUT2D eigenvalue weighted by Crippen LogP contribution is 2.14. The van der Waals surface area contributed by atoms with Crippen molar-refractivity contribution in [1.82, 2.24) is 5.32 Å². The average Bonchev–Trinajstić information content (AvgIpc) is 2.25. The predicted molar refractivity (Wildman–Crippen MR) is 61.1 cm³/mol. The lowest BCUT2D eigenvalue weighted by molar-refractivity contribution is -0.118. The van der Waals surface area contributed by atoms with Crippen molar-refractivity contribution < 1.29 is 19.1 Å². The lowest BCUT2D eigenvalue weighted by Crippen LogP contribution is -2.19. The molecule has 1 aromatic carbocycles. The van der Waals surface area contributed by atoms with Gasteiger partial charge in [0.05, 0.1) is 5.56 Å². The third-order valence-corrected chi connectivity index (χ3v) is 2.03.